The molecule has 0 bridgehead atoms. The van der Waals surface area contributed by atoms with Gasteiger partial charge in [0.05, 0.1) is 29.9 Å². The number of fused-ring (bicyclic) bond motifs is 1. The van der Waals surface area contributed by atoms with Gasteiger partial charge in [-0.25, -0.2) is 4.79 Å². The molecule has 0 radical (unpaired) electrons. The van der Waals surface area contributed by atoms with Crippen molar-refractivity contribution in [3.05, 3.63) is 47.6 Å². The summed E-state index contributed by atoms with van der Waals surface area (Å²) >= 11 is 6.47. The predicted octanol–water partition coefficient (Wildman–Crippen LogP) is 6.72. The fourth-order valence-corrected chi connectivity index (χ4v) is 5.08. The standard InChI is InChI=1S/C32H43ClN4O5/c1-32(2,3)11-13-35-31(39)36-26-7-6-23(18-25(26)33)42-28-8-12-34-27-20-30(29(40-4)19-24(27)28)41-17-5-14-37-15-9-22(21-38)10-16-37/h6-8,12,18-20,22,38H,5,9-11,13-17,21H2,1-4H3,(H2,35,36,39). The number of methoxy groups -OCH3 is 1. The Morgan fingerprint density at radius 1 is 1.12 bits per heavy atom. The highest BCUT2D eigenvalue weighted by Gasteiger charge is 2.18. The van der Waals surface area contributed by atoms with Crippen LogP contribution in [0.5, 0.6) is 23.0 Å². The number of amides is 2. The summed E-state index contributed by atoms with van der Waals surface area (Å²) in [6.45, 7) is 10.8. The molecule has 0 aliphatic carbocycles. The molecule has 2 heterocycles. The van der Waals surface area contributed by atoms with Gasteiger partial charge in [-0.3, -0.25) is 4.98 Å². The van der Waals surface area contributed by atoms with Crippen molar-refractivity contribution in [1.29, 1.82) is 0 Å². The number of carbonyl (C=O) groups excluding carboxylic acids is 1. The Balaban J connectivity index is 1.36. The van der Waals surface area contributed by atoms with E-state index in [2.05, 4.69) is 41.3 Å². The molecule has 0 atom stereocenters. The van der Waals surface area contributed by atoms with Gasteiger partial charge < -0.3 is 34.9 Å². The van der Waals surface area contributed by atoms with E-state index < -0.39 is 0 Å². The molecule has 2 aromatic carbocycles. The number of aliphatic hydroxyl groups is 1. The summed E-state index contributed by atoms with van der Waals surface area (Å²) in [5.41, 5.74) is 1.35. The van der Waals surface area contributed by atoms with Crippen LogP contribution in [-0.4, -0.2) is 67.5 Å². The van der Waals surface area contributed by atoms with Gasteiger partial charge in [0.1, 0.15) is 11.5 Å². The highest BCUT2D eigenvalue weighted by atomic mass is 35.5. The van der Waals surface area contributed by atoms with Crippen LogP contribution in [0.2, 0.25) is 5.02 Å². The quantitative estimate of drug-likeness (QED) is 0.199. The first kappa shape index (κ1) is 31.7. The second kappa shape index (κ2) is 14.8. The number of aromatic nitrogens is 1. The minimum absolute atomic E-state index is 0.138. The van der Waals surface area contributed by atoms with Gasteiger partial charge in [-0.1, -0.05) is 32.4 Å². The highest BCUT2D eigenvalue weighted by molar-refractivity contribution is 6.33. The zero-order valence-electron chi connectivity index (χ0n) is 25.0. The van der Waals surface area contributed by atoms with Crippen LogP contribution in [0, 0.1) is 11.3 Å². The van der Waals surface area contributed by atoms with Crippen LogP contribution in [0.4, 0.5) is 10.5 Å². The Morgan fingerprint density at radius 2 is 1.90 bits per heavy atom. The molecule has 1 aliphatic heterocycles. The fraction of sp³-hybridized carbons (Fsp3) is 0.500. The maximum Gasteiger partial charge on any atom is 0.319 e. The normalized spacial score (nSPS) is 14.5. The first-order valence-electron chi connectivity index (χ1n) is 14.6. The van der Waals surface area contributed by atoms with Crippen molar-refractivity contribution in [2.45, 2.75) is 46.5 Å². The van der Waals surface area contributed by atoms with E-state index in [1.807, 2.05) is 12.1 Å². The third-order valence-corrected chi connectivity index (χ3v) is 7.72. The number of pyridine rings is 1. The number of rotatable bonds is 12. The lowest BCUT2D eigenvalue weighted by molar-refractivity contribution is 0.126. The van der Waals surface area contributed by atoms with E-state index in [0.29, 0.717) is 58.3 Å². The molecule has 4 rings (SSSR count). The molecular formula is C32H43ClN4O5. The molecule has 42 heavy (non-hydrogen) atoms. The molecule has 0 saturated carbocycles. The first-order chi connectivity index (χ1) is 20.1. The van der Waals surface area contributed by atoms with Crippen LogP contribution in [0.1, 0.15) is 46.5 Å². The Morgan fingerprint density at radius 3 is 2.60 bits per heavy atom. The molecule has 0 unspecified atom stereocenters. The smallest absolute Gasteiger partial charge is 0.319 e. The molecule has 3 N–H and O–H groups in total. The van der Waals surface area contributed by atoms with Crippen LogP contribution in [0.15, 0.2) is 42.6 Å². The number of nitrogens with one attached hydrogen (secondary N) is 2. The summed E-state index contributed by atoms with van der Waals surface area (Å²) in [5.74, 6) is 2.78. The molecular weight excluding hydrogens is 556 g/mol. The lowest BCUT2D eigenvalue weighted by Gasteiger charge is -2.30. The van der Waals surface area contributed by atoms with E-state index in [1.165, 1.54) is 0 Å². The summed E-state index contributed by atoms with van der Waals surface area (Å²) in [6, 6.07) is 10.3. The summed E-state index contributed by atoms with van der Waals surface area (Å²) in [5, 5.41) is 16.1. The van der Waals surface area contributed by atoms with Gasteiger partial charge in [-0.2, -0.15) is 0 Å². The number of ether oxygens (including phenoxy) is 3. The number of anilines is 1. The van der Waals surface area contributed by atoms with Crippen LogP contribution in [0.3, 0.4) is 0 Å². The Kier molecular flexibility index (Phi) is 11.1. The van der Waals surface area contributed by atoms with Crippen LogP contribution >= 0.6 is 11.6 Å². The van der Waals surface area contributed by atoms with Crippen molar-refractivity contribution in [1.82, 2.24) is 15.2 Å². The first-order valence-corrected chi connectivity index (χ1v) is 15.0. The van der Waals surface area contributed by atoms with Gasteiger partial charge in [0.25, 0.3) is 0 Å². The van der Waals surface area contributed by atoms with E-state index in [0.717, 1.165) is 50.7 Å². The monoisotopic (exact) mass is 598 g/mol. The van der Waals surface area contributed by atoms with Gasteiger partial charge in [0.15, 0.2) is 11.5 Å². The number of benzene rings is 2. The minimum atomic E-state index is -0.303. The second-order valence-electron chi connectivity index (χ2n) is 11.9. The summed E-state index contributed by atoms with van der Waals surface area (Å²) < 4.78 is 17.9. The predicted molar refractivity (Wildman–Crippen MR) is 167 cm³/mol. The molecule has 1 aromatic heterocycles. The number of piperidine rings is 1. The zero-order chi connectivity index (χ0) is 30.1. The van der Waals surface area contributed by atoms with E-state index in [9.17, 15) is 9.90 Å². The zero-order valence-corrected chi connectivity index (χ0v) is 25.8. The Labute approximate surface area is 253 Å². The fourth-order valence-electron chi connectivity index (χ4n) is 4.86. The largest absolute Gasteiger partial charge is 0.493 e. The lowest BCUT2D eigenvalue weighted by Crippen LogP contribution is -2.35. The van der Waals surface area contributed by atoms with Gasteiger partial charge in [-0.05, 0) is 74.4 Å². The van der Waals surface area contributed by atoms with Crippen LogP contribution < -0.4 is 24.8 Å². The van der Waals surface area contributed by atoms with Crippen molar-refractivity contribution < 1.29 is 24.1 Å². The van der Waals surface area contributed by atoms with Crippen molar-refractivity contribution in [2.75, 3.05) is 51.8 Å². The molecule has 3 aromatic rings. The number of hydrogen-bond acceptors (Lipinski definition) is 7. The number of aliphatic hydroxyl groups excluding tert-OH is 1. The van der Waals surface area contributed by atoms with Crippen LogP contribution in [0.25, 0.3) is 10.9 Å². The number of likely N-dealkylation sites (tertiary alicyclic amines) is 1. The van der Waals surface area contributed by atoms with Crippen molar-refractivity contribution in [3.63, 3.8) is 0 Å². The molecule has 1 fully saturated rings. The van der Waals surface area contributed by atoms with Crippen LogP contribution in [-0.2, 0) is 0 Å². The SMILES string of the molecule is COc1cc2c(Oc3ccc(NC(=O)NCCC(C)(C)C)c(Cl)c3)ccnc2cc1OCCCN1CCC(CO)CC1. The molecule has 1 aliphatic rings. The third kappa shape index (κ3) is 9.11. The number of nitrogens with zero attached hydrogens (tertiary/aromatic N) is 2. The van der Waals surface area contributed by atoms with Gasteiger partial charge in [0, 0.05) is 43.4 Å². The van der Waals surface area contributed by atoms with Gasteiger partial charge >= 0.3 is 6.03 Å². The number of carbonyl (C=O) groups is 1. The maximum atomic E-state index is 12.3. The number of hydrogen-bond donors (Lipinski definition) is 3. The van der Waals surface area contributed by atoms with Crippen molar-refractivity contribution >= 4 is 34.2 Å². The third-order valence-electron chi connectivity index (χ3n) is 7.41. The topological polar surface area (TPSA) is 105 Å². The van der Waals surface area contributed by atoms with E-state index in [1.54, 1.807) is 37.6 Å². The lowest BCUT2D eigenvalue weighted by atomic mass is 9.92. The molecule has 10 heteroatoms. The second-order valence-corrected chi connectivity index (χ2v) is 12.3. The minimum Gasteiger partial charge on any atom is -0.493 e. The average molecular weight is 599 g/mol. The van der Waals surface area contributed by atoms with Crippen molar-refractivity contribution in [3.8, 4) is 23.0 Å². The maximum absolute atomic E-state index is 12.3. The molecule has 9 nitrogen and oxygen atoms in total. The van der Waals surface area contributed by atoms with E-state index in [-0.39, 0.29) is 18.1 Å². The van der Waals surface area contributed by atoms with E-state index in [4.69, 9.17) is 25.8 Å². The Hall–Kier alpha value is -3.27. The highest BCUT2D eigenvalue weighted by Crippen LogP contribution is 2.38. The molecule has 1 saturated heterocycles. The summed E-state index contributed by atoms with van der Waals surface area (Å²) in [7, 11) is 1.61. The summed E-state index contributed by atoms with van der Waals surface area (Å²) in [4.78, 5) is 19.2. The average Bonchev–Trinajstić information content (AvgIpc) is 2.96. The van der Waals surface area contributed by atoms with Gasteiger partial charge in [-0.15, -0.1) is 0 Å². The number of halogens is 1. The number of urea groups is 1. The van der Waals surface area contributed by atoms with Crippen molar-refractivity contribution in [2.24, 2.45) is 11.3 Å². The molecule has 0 spiro atoms. The molecule has 2 amide bonds. The van der Waals surface area contributed by atoms with E-state index >= 15 is 0 Å². The Bertz CT molecular complexity index is 1340. The molecule has 228 valence electrons. The summed E-state index contributed by atoms with van der Waals surface area (Å²) in [6.07, 6.45) is 5.54. The van der Waals surface area contributed by atoms with Gasteiger partial charge in [0.2, 0.25) is 0 Å².